The van der Waals surface area contributed by atoms with E-state index < -0.39 is 0 Å². The minimum absolute atomic E-state index is 0.0699. The summed E-state index contributed by atoms with van der Waals surface area (Å²) in [6, 6.07) is 9.66. The topological polar surface area (TPSA) is 99.9 Å². The molecule has 2 N–H and O–H groups in total. The lowest BCUT2D eigenvalue weighted by atomic mass is 9.93. The van der Waals surface area contributed by atoms with Crippen LogP contribution in [-0.2, 0) is 4.79 Å². The molecule has 130 valence electrons. The second kappa shape index (κ2) is 6.48. The molecule has 1 saturated heterocycles. The van der Waals surface area contributed by atoms with Crippen molar-refractivity contribution in [3.8, 4) is 6.07 Å². The third-order valence-electron chi connectivity index (χ3n) is 4.97. The van der Waals surface area contributed by atoms with Gasteiger partial charge in [-0.05, 0) is 37.1 Å². The minimum Gasteiger partial charge on any atom is -0.360 e. The van der Waals surface area contributed by atoms with Crippen molar-refractivity contribution in [1.82, 2.24) is 14.9 Å². The van der Waals surface area contributed by atoms with Crippen molar-refractivity contribution in [2.75, 3.05) is 18.0 Å². The Hall–Kier alpha value is -3.40. The van der Waals surface area contributed by atoms with E-state index in [4.69, 9.17) is 10.7 Å². The average molecular weight is 346 g/mol. The van der Waals surface area contributed by atoms with E-state index in [1.807, 2.05) is 29.3 Å². The van der Waals surface area contributed by atoms with Crippen LogP contribution in [-0.4, -0.2) is 46.1 Å². The predicted molar refractivity (Wildman–Crippen MR) is 97.5 cm³/mol. The van der Waals surface area contributed by atoms with Gasteiger partial charge in [0.15, 0.2) is 0 Å². The lowest BCUT2D eigenvalue weighted by Gasteiger charge is -2.44. The first-order valence-electron chi connectivity index (χ1n) is 8.56. The number of amides is 1. The Morgan fingerprint density at radius 2 is 2.12 bits per heavy atom. The van der Waals surface area contributed by atoms with Crippen LogP contribution in [0.4, 0.5) is 5.82 Å². The maximum Gasteiger partial charge on any atom is 0.262 e. The fourth-order valence-corrected chi connectivity index (χ4v) is 3.63. The van der Waals surface area contributed by atoms with E-state index in [0.29, 0.717) is 11.1 Å². The van der Waals surface area contributed by atoms with Crippen molar-refractivity contribution in [3.63, 3.8) is 0 Å². The molecule has 0 aromatic carbocycles. The maximum atomic E-state index is 12.5. The molecule has 0 saturated carbocycles. The Balaban J connectivity index is 1.48. The highest BCUT2D eigenvalue weighted by Gasteiger charge is 2.41. The quantitative estimate of drug-likeness (QED) is 0.829. The Bertz CT molecular complexity index is 899. The predicted octanol–water partition coefficient (Wildman–Crippen LogP) is 2.15. The van der Waals surface area contributed by atoms with Gasteiger partial charge in [0.1, 0.15) is 11.9 Å². The lowest BCUT2D eigenvalue weighted by molar-refractivity contribution is -0.128. The number of aromatic amines is 1. The van der Waals surface area contributed by atoms with Crippen LogP contribution in [0, 0.1) is 16.7 Å². The van der Waals surface area contributed by atoms with E-state index in [1.165, 1.54) is 0 Å². The number of nitriles is 1. The van der Waals surface area contributed by atoms with Crippen molar-refractivity contribution in [3.05, 3.63) is 53.5 Å². The number of carbonyl (C=O) groups is 1. The molecule has 0 atom stereocenters. The highest BCUT2D eigenvalue weighted by atomic mass is 16.2. The minimum atomic E-state index is -0.0699. The molecule has 1 fully saturated rings. The van der Waals surface area contributed by atoms with Gasteiger partial charge in [-0.25, -0.2) is 4.98 Å². The highest BCUT2D eigenvalue weighted by molar-refractivity contribution is 6.26. The van der Waals surface area contributed by atoms with Gasteiger partial charge in [0.05, 0.1) is 22.5 Å². The molecular weight excluding hydrogens is 328 g/mol. The first kappa shape index (κ1) is 16.1. The standard InChI is InChI=1S/C19H18N6O/c20-10-13-3-4-17(23-12-13)24-8-5-14(6-9-24)25-18(15(11-21)19(25)26)16-2-1-7-22-16/h1-4,7,11-12,14,21-22H,5-6,8-9H2. The zero-order valence-corrected chi connectivity index (χ0v) is 14.1. The maximum absolute atomic E-state index is 12.5. The summed E-state index contributed by atoms with van der Waals surface area (Å²) in [5.74, 6) is 0.789. The largest absolute Gasteiger partial charge is 0.360 e. The number of nitrogens with zero attached hydrogens (tertiary/aromatic N) is 4. The van der Waals surface area contributed by atoms with Gasteiger partial charge < -0.3 is 20.2 Å². The normalized spacial score (nSPS) is 17.9. The van der Waals surface area contributed by atoms with E-state index >= 15 is 0 Å². The van der Waals surface area contributed by atoms with Crippen LogP contribution in [0.1, 0.15) is 24.1 Å². The number of anilines is 1. The Kier molecular flexibility index (Phi) is 4.01. The second-order valence-corrected chi connectivity index (χ2v) is 6.40. The average Bonchev–Trinajstić information content (AvgIpc) is 3.21. The molecule has 1 amide bonds. The molecule has 26 heavy (non-hydrogen) atoms. The number of hydrogen-bond acceptors (Lipinski definition) is 5. The summed E-state index contributed by atoms with van der Waals surface area (Å²) in [5, 5.41) is 16.4. The molecule has 0 spiro atoms. The molecule has 2 aromatic rings. The molecule has 7 nitrogen and oxygen atoms in total. The van der Waals surface area contributed by atoms with Gasteiger partial charge in [0.2, 0.25) is 0 Å². The van der Waals surface area contributed by atoms with Crippen LogP contribution in [0.15, 0.2) is 42.2 Å². The molecule has 2 aromatic heterocycles. The van der Waals surface area contributed by atoms with E-state index in [9.17, 15) is 4.79 Å². The lowest BCUT2D eigenvalue weighted by Crippen LogP contribution is -2.52. The summed E-state index contributed by atoms with van der Waals surface area (Å²) < 4.78 is 0. The van der Waals surface area contributed by atoms with Gasteiger partial charge in [-0.1, -0.05) is 0 Å². The van der Waals surface area contributed by atoms with Gasteiger partial charge >= 0.3 is 0 Å². The molecular formula is C19H18N6O. The molecule has 0 unspecified atom stereocenters. The van der Waals surface area contributed by atoms with Crippen LogP contribution in [0.5, 0.6) is 0 Å². The van der Waals surface area contributed by atoms with Gasteiger partial charge in [0, 0.05) is 37.7 Å². The van der Waals surface area contributed by atoms with Crippen molar-refractivity contribution in [2.45, 2.75) is 18.9 Å². The molecule has 2 aliphatic rings. The molecule has 0 bridgehead atoms. The number of carbonyl (C=O) groups excluding carboxylic acids is 1. The summed E-state index contributed by atoms with van der Waals surface area (Å²) in [7, 11) is 0. The van der Waals surface area contributed by atoms with Gasteiger partial charge in [0.25, 0.3) is 5.91 Å². The van der Waals surface area contributed by atoms with E-state index in [-0.39, 0.29) is 11.9 Å². The van der Waals surface area contributed by atoms with Crippen LogP contribution < -0.4 is 4.90 Å². The third kappa shape index (κ3) is 2.56. The number of piperidine rings is 1. The summed E-state index contributed by atoms with van der Waals surface area (Å²) in [6.45, 7) is 1.59. The number of rotatable bonds is 4. The number of nitrogens with one attached hydrogen (secondary N) is 2. The zero-order chi connectivity index (χ0) is 18.1. The molecule has 0 radical (unpaired) electrons. The van der Waals surface area contributed by atoms with E-state index in [0.717, 1.165) is 49.4 Å². The summed E-state index contributed by atoms with van der Waals surface area (Å²) in [5.41, 5.74) is 2.71. The number of aromatic nitrogens is 2. The molecule has 4 rings (SSSR count). The molecule has 7 heteroatoms. The summed E-state index contributed by atoms with van der Waals surface area (Å²) in [4.78, 5) is 24.0. The SMILES string of the molecule is N#Cc1ccc(N2CCC(N3C(=O)C(C=N)=C3c3ccc[nH]3)CC2)nc1. The Morgan fingerprint density at radius 1 is 1.31 bits per heavy atom. The monoisotopic (exact) mass is 346 g/mol. The van der Waals surface area contributed by atoms with Crippen LogP contribution in [0.2, 0.25) is 0 Å². The smallest absolute Gasteiger partial charge is 0.262 e. The molecule has 2 aliphatic heterocycles. The van der Waals surface area contributed by atoms with Gasteiger partial charge in [-0.2, -0.15) is 5.26 Å². The summed E-state index contributed by atoms with van der Waals surface area (Å²) >= 11 is 0. The first-order chi connectivity index (χ1) is 12.7. The van der Waals surface area contributed by atoms with Crippen molar-refractivity contribution in [2.24, 2.45) is 0 Å². The number of pyridine rings is 1. The Morgan fingerprint density at radius 3 is 2.69 bits per heavy atom. The number of hydrogen-bond donors (Lipinski definition) is 2. The van der Waals surface area contributed by atoms with Crippen molar-refractivity contribution in [1.29, 1.82) is 10.7 Å². The molecule has 0 aliphatic carbocycles. The van der Waals surface area contributed by atoms with Crippen LogP contribution in [0.3, 0.4) is 0 Å². The summed E-state index contributed by atoms with van der Waals surface area (Å²) in [6.07, 6.45) is 6.23. The zero-order valence-electron chi connectivity index (χ0n) is 14.1. The third-order valence-corrected chi connectivity index (χ3v) is 4.97. The first-order valence-corrected chi connectivity index (χ1v) is 8.56. The van der Waals surface area contributed by atoms with Gasteiger partial charge in [-0.15, -0.1) is 0 Å². The van der Waals surface area contributed by atoms with Crippen LogP contribution in [0.25, 0.3) is 5.70 Å². The van der Waals surface area contributed by atoms with Gasteiger partial charge in [-0.3, -0.25) is 4.79 Å². The van der Waals surface area contributed by atoms with Crippen LogP contribution >= 0.6 is 0 Å². The molecule has 4 heterocycles. The second-order valence-electron chi connectivity index (χ2n) is 6.40. The Labute approximate surface area is 151 Å². The van der Waals surface area contributed by atoms with Crippen molar-refractivity contribution < 1.29 is 4.79 Å². The fourth-order valence-electron chi connectivity index (χ4n) is 3.63. The highest BCUT2D eigenvalue weighted by Crippen LogP contribution is 2.37. The fraction of sp³-hybridized carbons (Fsp3) is 0.263. The van der Waals surface area contributed by atoms with E-state index in [2.05, 4.69) is 20.9 Å². The van der Waals surface area contributed by atoms with Crippen molar-refractivity contribution >= 4 is 23.6 Å². The van der Waals surface area contributed by atoms with E-state index in [1.54, 1.807) is 12.3 Å². The number of H-pyrrole nitrogens is 1.